The lowest BCUT2D eigenvalue weighted by Gasteiger charge is -2.21. The highest BCUT2D eigenvalue weighted by Crippen LogP contribution is 2.37. The average Bonchev–Trinajstić information content (AvgIpc) is 3.13. The van der Waals surface area contributed by atoms with Gasteiger partial charge in [-0.15, -0.1) is 0 Å². The van der Waals surface area contributed by atoms with Gasteiger partial charge in [0.2, 0.25) is 11.8 Å². The number of aromatic nitrogens is 2. The van der Waals surface area contributed by atoms with E-state index in [4.69, 9.17) is 9.47 Å². The Morgan fingerprint density at radius 3 is 2.63 bits per heavy atom. The number of hydrogen-bond acceptors (Lipinski definition) is 5. The summed E-state index contributed by atoms with van der Waals surface area (Å²) in [6.45, 7) is 2.39. The number of alkyl halides is 3. The van der Waals surface area contributed by atoms with Crippen LogP contribution in [0.25, 0.3) is 0 Å². The van der Waals surface area contributed by atoms with E-state index < -0.39 is 17.6 Å². The Balaban J connectivity index is 1.91. The molecule has 5 nitrogen and oxygen atoms in total. The molecule has 1 aliphatic rings. The van der Waals surface area contributed by atoms with Crippen molar-refractivity contribution >= 4 is 11.6 Å². The third kappa shape index (κ3) is 4.61. The molecular formula is C19H22F3N3O2. The van der Waals surface area contributed by atoms with Gasteiger partial charge in [0, 0.05) is 25.0 Å². The normalized spacial score (nSPS) is 15.0. The van der Waals surface area contributed by atoms with E-state index in [1.54, 1.807) is 30.1 Å². The van der Waals surface area contributed by atoms with Crippen LogP contribution in [-0.2, 0) is 6.18 Å². The highest BCUT2D eigenvalue weighted by Gasteiger charge is 2.37. The summed E-state index contributed by atoms with van der Waals surface area (Å²) in [5, 5.41) is 0. The Kier molecular flexibility index (Phi) is 5.72. The number of ether oxygens (including phenoxy) is 2. The smallest absolute Gasteiger partial charge is 0.423 e. The van der Waals surface area contributed by atoms with Crippen LogP contribution in [0.1, 0.15) is 38.2 Å². The number of benzene rings is 1. The second-order valence-electron chi connectivity index (χ2n) is 6.40. The molecule has 1 heterocycles. The van der Waals surface area contributed by atoms with E-state index in [1.165, 1.54) is 0 Å². The van der Waals surface area contributed by atoms with Crippen molar-refractivity contribution in [1.29, 1.82) is 0 Å². The highest BCUT2D eigenvalue weighted by atomic mass is 19.4. The lowest BCUT2D eigenvalue weighted by atomic mass is 10.2. The SMILES string of the molecule is CCOc1cccc(N(C)c2ncc(C(F)(F)F)c(OC3CCCC3)n2)c1. The van der Waals surface area contributed by atoms with Gasteiger partial charge in [-0.25, -0.2) is 4.98 Å². The number of halogens is 3. The van der Waals surface area contributed by atoms with Gasteiger partial charge in [-0.3, -0.25) is 0 Å². The first-order valence-corrected chi connectivity index (χ1v) is 8.96. The van der Waals surface area contributed by atoms with Crippen molar-refractivity contribution in [3.05, 3.63) is 36.0 Å². The van der Waals surface area contributed by atoms with Crippen molar-refractivity contribution in [2.24, 2.45) is 0 Å². The van der Waals surface area contributed by atoms with Crippen LogP contribution in [0.3, 0.4) is 0 Å². The highest BCUT2D eigenvalue weighted by molar-refractivity contribution is 5.59. The van der Waals surface area contributed by atoms with Gasteiger partial charge in [0.15, 0.2) is 0 Å². The molecule has 1 fully saturated rings. The molecule has 1 aromatic carbocycles. The molecule has 0 aliphatic heterocycles. The number of hydrogen-bond donors (Lipinski definition) is 0. The summed E-state index contributed by atoms with van der Waals surface area (Å²) in [6.07, 6.45) is -0.635. The maximum atomic E-state index is 13.3. The molecule has 0 amide bonds. The van der Waals surface area contributed by atoms with Crippen LogP contribution >= 0.6 is 0 Å². The fourth-order valence-corrected chi connectivity index (χ4v) is 3.03. The van der Waals surface area contributed by atoms with Gasteiger partial charge in [0.25, 0.3) is 0 Å². The summed E-state index contributed by atoms with van der Waals surface area (Å²) < 4.78 is 51.0. The third-order valence-electron chi connectivity index (χ3n) is 4.44. The molecule has 0 saturated heterocycles. The molecule has 2 aromatic rings. The Bertz CT molecular complexity index is 777. The van der Waals surface area contributed by atoms with Crippen LogP contribution in [0.2, 0.25) is 0 Å². The Labute approximate surface area is 156 Å². The molecule has 27 heavy (non-hydrogen) atoms. The Morgan fingerprint density at radius 1 is 1.22 bits per heavy atom. The van der Waals surface area contributed by atoms with Crippen molar-refractivity contribution in [1.82, 2.24) is 9.97 Å². The Morgan fingerprint density at radius 2 is 1.96 bits per heavy atom. The summed E-state index contributed by atoms with van der Waals surface area (Å²) >= 11 is 0. The van der Waals surface area contributed by atoms with Crippen molar-refractivity contribution in [3.8, 4) is 11.6 Å². The molecule has 0 atom stereocenters. The summed E-state index contributed by atoms with van der Waals surface area (Å²) in [7, 11) is 1.69. The molecule has 8 heteroatoms. The van der Waals surface area contributed by atoms with Crippen molar-refractivity contribution in [3.63, 3.8) is 0 Å². The van der Waals surface area contributed by atoms with Crippen LogP contribution in [0.15, 0.2) is 30.5 Å². The Hall–Kier alpha value is -2.51. The van der Waals surface area contributed by atoms with E-state index in [9.17, 15) is 13.2 Å². The zero-order valence-corrected chi connectivity index (χ0v) is 15.3. The van der Waals surface area contributed by atoms with Gasteiger partial charge in [0.05, 0.1) is 6.61 Å². The van der Waals surface area contributed by atoms with E-state index >= 15 is 0 Å². The van der Waals surface area contributed by atoms with E-state index in [-0.39, 0.29) is 12.1 Å². The van der Waals surface area contributed by atoms with Gasteiger partial charge in [-0.2, -0.15) is 18.2 Å². The molecule has 0 unspecified atom stereocenters. The lowest BCUT2D eigenvalue weighted by molar-refractivity contribution is -0.139. The predicted molar refractivity (Wildman–Crippen MR) is 95.6 cm³/mol. The molecule has 0 bridgehead atoms. The number of rotatable bonds is 6. The molecule has 0 N–H and O–H groups in total. The molecule has 0 radical (unpaired) electrons. The standard InChI is InChI=1S/C19H22F3N3O2/c1-3-26-15-10-6-7-13(11-15)25(2)18-23-12-16(19(20,21)22)17(24-18)27-14-8-4-5-9-14/h6-7,10-12,14H,3-5,8-9H2,1-2H3. The zero-order chi connectivity index (χ0) is 19.4. The summed E-state index contributed by atoms with van der Waals surface area (Å²) in [5.41, 5.74) is -0.248. The monoisotopic (exact) mass is 381 g/mol. The summed E-state index contributed by atoms with van der Waals surface area (Å²) in [4.78, 5) is 9.59. The first-order valence-electron chi connectivity index (χ1n) is 8.96. The first kappa shape index (κ1) is 19.3. The topological polar surface area (TPSA) is 47.5 Å². The molecule has 3 rings (SSSR count). The van der Waals surface area contributed by atoms with Crippen LogP contribution in [0.4, 0.5) is 24.8 Å². The first-order chi connectivity index (χ1) is 12.9. The van der Waals surface area contributed by atoms with E-state index in [2.05, 4.69) is 9.97 Å². The average molecular weight is 381 g/mol. The van der Waals surface area contributed by atoms with Gasteiger partial charge in [0.1, 0.15) is 17.4 Å². The van der Waals surface area contributed by atoms with Gasteiger partial charge < -0.3 is 14.4 Å². The lowest BCUT2D eigenvalue weighted by Crippen LogP contribution is -2.20. The largest absolute Gasteiger partial charge is 0.494 e. The zero-order valence-electron chi connectivity index (χ0n) is 15.3. The van der Waals surface area contributed by atoms with Crippen molar-refractivity contribution in [2.75, 3.05) is 18.6 Å². The molecule has 146 valence electrons. The fourth-order valence-electron chi connectivity index (χ4n) is 3.03. The quantitative estimate of drug-likeness (QED) is 0.706. The molecule has 0 spiro atoms. The van der Waals surface area contributed by atoms with Gasteiger partial charge >= 0.3 is 6.18 Å². The third-order valence-corrected chi connectivity index (χ3v) is 4.44. The molecule has 1 aromatic heterocycles. The maximum Gasteiger partial charge on any atom is 0.423 e. The number of anilines is 2. The second-order valence-corrected chi connectivity index (χ2v) is 6.40. The summed E-state index contributed by atoms with van der Waals surface area (Å²) in [6, 6.07) is 7.20. The fraction of sp³-hybridized carbons (Fsp3) is 0.474. The molecule has 1 aliphatic carbocycles. The predicted octanol–water partition coefficient (Wildman–Crippen LogP) is 4.98. The van der Waals surface area contributed by atoms with E-state index in [0.29, 0.717) is 18.0 Å². The van der Waals surface area contributed by atoms with Crippen molar-refractivity contribution < 1.29 is 22.6 Å². The molecule has 1 saturated carbocycles. The van der Waals surface area contributed by atoms with Crippen molar-refractivity contribution in [2.45, 2.75) is 44.9 Å². The maximum absolute atomic E-state index is 13.3. The minimum Gasteiger partial charge on any atom is -0.494 e. The van der Waals surface area contributed by atoms with E-state index in [0.717, 1.165) is 31.9 Å². The van der Waals surface area contributed by atoms with Crippen LogP contribution in [0, 0.1) is 0 Å². The minimum atomic E-state index is -4.57. The molecular weight excluding hydrogens is 359 g/mol. The van der Waals surface area contributed by atoms with Gasteiger partial charge in [-0.05, 0) is 44.7 Å². The van der Waals surface area contributed by atoms with Crippen LogP contribution in [-0.4, -0.2) is 29.7 Å². The summed E-state index contributed by atoms with van der Waals surface area (Å²) in [5.74, 6) is 0.382. The second kappa shape index (κ2) is 8.02. The van der Waals surface area contributed by atoms with Crippen LogP contribution in [0.5, 0.6) is 11.6 Å². The van der Waals surface area contributed by atoms with E-state index in [1.807, 2.05) is 13.0 Å². The van der Waals surface area contributed by atoms with Gasteiger partial charge in [-0.1, -0.05) is 6.07 Å². The number of nitrogens with zero attached hydrogens (tertiary/aromatic N) is 3. The minimum absolute atomic E-state index is 0.129. The van der Waals surface area contributed by atoms with Crippen LogP contribution < -0.4 is 14.4 Å².